The van der Waals surface area contributed by atoms with Crippen LogP contribution in [0, 0.1) is 0 Å². The van der Waals surface area contributed by atoms with Gasteiger partial charge in [0.05, 0.1) is 11.4 Å². The minimum atomic E-state index is 0.150. The lowest BCUT2D eigenvalue weighted by molar-refractivity contribution is 0.353. The summed E-state index contributed by atoms with van der Waals surface area (Å²) in [6, 6.07) is 65.8. The number of hydrogen-bond donors (Lipinski definition) is 0. The lowest BCUT2D eigenvalue weighted by Gasteiger charge is -2.36. The van der Waals surface area contributed by atoms with E-state index in [1.807, 2.05) is 12.1 Å². The van der Waals surface area contributed by atoms with Crippen molar-refractivity contribution in [2.24, 2.45) is 0 Å². The third-order valence-corrected chi connectivity index (χ3v) is 11.7. The van der Waals surface area contributed by atoms with Crippen molar-refractivity contribution < 1.29 is 0 Å². The zero-order valence-corrected chi connectivity index (χ0v) is 30.3. The Kier molecular flexibility index (Phi) is 8.10. The van der Waals surface area contributed by atoms with E-state index in [0.29, 0.717) is 5.82 Å². The van der Waals surface area contributed by atoms with Gasteiger partial charge in [0.15, 0.2) is 5.82 Å². The van der Waals surface area contributed by atoms with Crippen LogP contribution >= 0.6 is 0 Å². The predicted molar refractivity (Wildman–Crippen MR) is 224 cm³/mol. The summed E-state index contributed by atoms with van der Waals surface area (Å²) in [6.45, 7) is 0. The first-order chi connectivity index (χ1) is 26.7. The van der Waals surface area contributed by atoms with Crippen molar-refractivity contribution in [1.82, 2.24) is 9.97 Å². The first kappa shape index (κ1) is 32.3. The van der Waals surface area contributed by atoms with Crippen LogP contribution in [0.1, 0.15) is 43.2 Å². The molecule has 8 aromatic rings. The smallest absolute Gasteiger partial charge is 0.160 e. The van der Waals surface area contributed by atoms with E-state index in [1.165, 1.54) is 71.0 Å². The van der Waals surface area contributed by atoms with Gasteiger partial charge in [-0.05, 0) is 98.8 Å². The molecule has 0 bridgehead atoms. The fourth-order valence-corrected chi connectivity index (χ4v) is 9.01. The number of nitrogens with zero attached hydrogens (tertiary/aromatic N) is 2. The summed E-state index contributed by atoms with van der Waals surface area (Å²) in [7, 11) is 0. The van der Waals surface area contributed by atoms with Crippen molar-refractivity contribution in [3.05, 3.63) is 193 Å². The molecule has 0 unspecified atom stereocenters. The Hall–Kier alpha value is -6.38. The van der Waals surface area contributed by atoms with Gasteiger partial charge in [-0.15, -0.1) is 0 Å². The number of fused-ring (bicyclic) bond motifs is 5. The number of rotatable bonds is 6. The van der Waals surface area contributed by atoms with E-state index in [1.54, 1.807) is 5.56 Å². The van der Waals surface area contributed by atoms with Crippen LogP contribution < -0.4 is 0 Å². The van der Waals surface area contributed by atoms with Crippen LogP contribution in [0.25, 0.3) is 78.4 Å². The summed E-state index contributed by atoms with van der Waals surface area (Å²) < 4.78 is 0. The molecule has 0 atom stereocenters. The highest BCUT2D eigenvalue weighted by atomic mass is 14.9. The van der Waals surface area contributed by atoms with Gasteiger partial charge >= 0.3 is 0 Å². The molecule has 1 saturated carbocycles. The van der Waals surface area contributed by atoms with Gasteiger partial charge in [0.1, 0.15) is 0 Å². The second-order valence-corrected chi connectivity index (χ2v) is 14.9. The number of hydrogen-bond acceptors (Lipinski definition) is 2. The Morgan fingerprint density at radius 2 is 0.759 bits per heavy atom. The van der Waals surface area contributed by atoms with E-state index < -0.39 is 0 Å². The average Bonchev–Trinajstić information content (AvgIpc) is 3.52. The van der Waals surface area contributed by atoms with E-state index in [9.17, 15) is 0 Å². The lowest BCUT2D eigenvalue weighted by atomic mass is 9.67. The van der Waals surface area contributed by atoms with Gasteiger partial charge in [-0.25, -0.2) is 9.97 Å². The summed E-state index contributed by atoms with van der Waals surface area (Å²) in [5.74, 6) is 0.716. The summed E-state index contributed by atoms with van der Waals surface area (Å²) in [6.07, 6.45) is 6.43. The second kappa shape index (κ2) is 13.5. The normalized spacial score (nSPS) is 14.1. The molecule has 2 nitrogen and oxygen atoms in total. The van der Waals surface area contributed by atoms with Crippen LogP contribution in [0.4, 0.5) is 0 Å². The Morgan fingerprint density at radius 1 is 0.315 bits per heavy atom. The molecule has 10 rings (SSSR count). The van der Waals surface area contributed by atoms with Gasteiger partial charge in [-0.1, -0.05) is 171 Å². The Morgan fingerprint density at radius 3 is 1.33 bits per heavy atom. The van der Waals surface area contributed by atoms with Crippen LogP contribution in [-0.2, 0) is 5.41 Å². The highest BCUT2D eigenvalue weighted by Crippen LogP contribution is 2.56. The third kappa shape index (κ3) is 5.76. The molecule has 0 aliphatic heterocycles. The van der Waals surface area contributed by atoms with Crippen LogP contribution in [0.2, 0.25) is 0 Å². The molecule has 258 valence electrons. The molecule has 1 heterocycles. The lowest BCUT2D eigenvalue weighted by Crippen LogP contribution is -2.28. The molecule has 2 aliphatic carbocycles. The summed E-state index contributed by atoms with van der Waals surface area (Å²) >= 11 is 0. The molecule has 1 aromatic heterocycles. The summed E-state index contributed by atoms with van der Waals surface area (Å²) in [5.41, 5.74) is 18.3. The molecule has 1 fully saturated rings. The maximum atomic E-state index is 5.09. The number of benzene rings is 7. The highest BCUT2D eigenvalue weighted by Gasteiger charge is 2.43. The van der Waals surface area contributed by atoms with Crippen molar-refractivity contribution in [3.63, 3.8) is 0 Å². The molecular weight excluding hydrogens is 653 g/mol. The van der Waals surface area contributed by atoms with Gasteiger partial charge in [0, 0.05) is 22.1 Å². The summed E-state index contributed by atoms with van der Waals surface area (Å²) in [5, 5.41) is 0. The molecule has 0 radical (unpaired) electrons. The fourth-order valence-electron chi connectivity index (χ4n) is 9.01. The molecule has 0 amide bonds. The quantitative estimate of drug-likeness (QED) is 0.173. The monoisotopic (exact) mass is 692 g/mol. The van der Waals surface area contributed by atoms with Crippen LogP contribution in [0.5, 0.6) is 0 Å². The van der Waals surface area contributed by atoms with Crippen molar-refractivity contribution in [2.45, 2.75) is 37.5 Å². The largest absolute Gasteiger partial charge is 0.228 e. The minimum Gasteiger partial charge on any atom is -0.228 e. The topological polar surface area (TPSA) is 25.8 Å². The third-order valence-electron chi connectivity index (χ3n) is 11.7. The van der Waals surface area contributed by atoms with E-state index in [4.69, 9.17) is 9.97 Å². The van der Waals surface area contributed by atoms with Crippen LogP contribution in [0.3, 0.4) is 0 Å². The maximum absolute atomic E-state index is 5.09. The zero-order valence-electron chi connectivity index (χ0n) is 30.3. The van der Waals surface area contributed by atoms with E-state index in [-0.39, 0.29) is 5.41 Å². The van der Waals surface area contributed by atoms with Gasteiger partial charge in [0.25, 0.3) is 0 Å². The molecule has 54 heavy (non-hydrogen) atoms. The Labute approximate surface area is 317 Å². The molecular formula is C52H40N2. The van der Waals surface area contributed by atoms with E-state index in [0.717, 1.165) is 39.2 Å². The van der Waals surface area contributed by atoms with Crippen LogP contribution in [-0.4, -0.2) is 9.97 Å². The fraction of sp³-hybridized carbons (Fsp3) is 0.115. The van der Waals surface area contributed by atoms with E-state index in [2.05, 4.69) is 170 Å². The Balaban J connectivity index is 0.993. The van der Waals surface area contributed by atoms with Gasteiger partial charge in [-0.3, -0.25) is 0 Å². The average molecular weight is 693 g/mol. The zero-order chi connectivity index (χ0) is 35.9. The van der Waals surface area contributed by atoms with Gasteiger partial charge in [-0.2, -0.15) is 0 Å². The SMILES string of the molecule is c1ccc(-c2cc(-c3ccccc3)nc(-c3cccc(-c4cccc(-c5cccc(-c6ccc7c(c6)C6(CCCCC6)c6ccccc6-7)c5)c4)c3)n2)cc1. The first-order valence-electron chi connectivity index (χ1n) is 19.3. The van der Waals surface area contributed by atoms with Crippen molar-refractivity contribution >= 4 is 0 Å². The molecule has 7 aromatic carbocycles. The van der Waals surface area contributed by atoms with Crippen molar-refractivity contribution in [3.8, 4) is 78.4 Å². The van der Waals surface area contributed by atoms with Gasteiger partial charge in [0.2, 0.25) is 0 Å². The Bertz CT molecular complexity index is 2580. The molecule has 2 aliphatic rings. The molecule has 1 spiro atoms. The minimum absolute atomic E-state index is 0.150. The van der Waals surface area contributed by atoms with E-state index >= 15 is 0 Å². The maximum Gasteiger partial charge on any atom is 0.160 e. The highest BCUT2D eigenvalue weighted by molar-refractivity contribution is 5.85. The van der Waals surface area contributed by atoms with Crippen molar-refractivity contribution in [1.29, 1.82) is 0 Å². The standard InChI is InChI=1S/C52H40N2/c1-4-15-36(16-5-1)49-35-50(37-17-6-2-7-18-37)54-51(53-49)44-24-14-23-42(33-44)40-21-12-19-38(31-40)39-20-13-22-41(32-39)43-27-28-46-45-25-8-9-26-47(45)52(48(46)34-43)29-10-3-11-30-52/h1-2,4-9,12-28,31-35H,3,10-11,29-30H2. The molecule has 0 N–H and O–H groups in total. The molecule has 2 heteroatoms. The predicted octanol–water partition coefficient (Wildman–Crippen LogP) is 13.7. The van der Waals surface area contributed by atoms with Crippen molar-refractivity contribution in [2.75, 3.05) is 0 Å². The molecule has 0 saturated heterocycles. The first-order valence-corrected chi connectivity index (χ1v) is 19.3. The number of aromatic nitrogens is 2. The van der Waals surface area contributed by atoms with Crippen LogP contribution in [0.15, 0.2) is 182 Å². The summed E-state index contributed by atoms with van der Waals surface area (Å²) in [4.78, 5) is 10.2. The second-order valence-electron chi connectivity index (χ2n) is 14.9. The van der Waals surface area contributed by atoms with Gasteiger partial charge < -0.3 is 0 Å².